The van der Waals surface area contributed by atoms with Gasteiger partial charge in [-0.15, -0.1) is 11.8 Å². The standard InChI is InChI=1S/C50H38S/c1-49-27-7-8-28-50(49,2)51-46-26-21-34(29-45(46)49)43-30-44(38-18-10-14-32-12-4-6-16-36(32)38)42-23-20-33-19-22-39(40-24-25-41(43)48(42)47(33)40)37-17-9-13-31-11-3-5-15-35(31)37/h3-6,9-26,29-30H,7-8,27-28H2,1-2H3. The van der Waals surface area contributed by atoms with Crippen molar-refractivity contribution < 1.29 is 0 Å². The Morgan fingerprint density at radius 1 is 0.431 bits per heavy atom. The van der Waals surface area contributed by atoms with Crippen molar-refractivity contribution in [1.29, 1.82) is 0 Å². The Balaban J connectivity index is 1.25. The third-order valence-electron chi connectivity index (χ3n) is 12.9. The molecule has 9 aromatic rings. The van der Waals surface area contributed by atoms with Crippen LogP contribution in [0.15, 0.2) is 150 Å². The number of fused-ring (bicyclic) bond motifs is 5. The molecule has 0 saturated heterocycles. The highest BCUT2D eigenvalue weighted by molar-refractivity contribution is 8.01. The normalized spacial score (nSPS) is 20.1. The molecule has 0 aromatic heterocycles. The van der Waals surface area contributed by atoms with Gasteiger partial charge in [0.05, 0.1) is 0 Å². The molecule has 0 spiro atoms. The molecule has 11 rings (SSSR count). The molecule has 244 valence electrons. The molecule has 2 atom stereocenters. The summed E-state index contributed by atoms with van der Waals surface area (Å²) in [5.41, 5.74) is 9.60. The fourth-order valence-corrected chi connectivity index (χ4v) is 11.7. The molecule has 2 aliphatic rings. The molecule has 2 unspecified atom stereocenters. The SMILES string of the molecule is CC12CCCCC1(C)c1cc(-c3cc(-c4cccc5ccccc45)c4ccc5ccc(-c6cccc7ccccc67)c6ccc3c4c56)ccc1S2. The van der Waals surface area contributed by atoms with Crippen LogP contribution in [0.1, 0.15) is 45.1 Å². The highest BCUT2D eigenvalue weighted by Gasteiger charge is 2.53. The van der Waals surface area contributed by atoms with Crippen LogP contribution in [0.25, 0.3) is 87.2 Å². The van der Waals surface area contributed by atoms with Gasteiger partial charge in [0.2, 0.25) is 0 Å². The van der Waals surface area contributed by atoms with Gasteiger partial charge in [-0.1, -0.05) is 147 Å². The summed E-state index contributed by atoms with van der Waals surface area (Å²) in [6, 6.07) is 55.4. The van der Waals surface area contributed by atoms with Gasteiger partial charge in [-0.2, -0.15) is 0 Å². The zero-order valence-electron chi connectivity index (χ0n) is 29.1. The number of benzene rings is 9. The van der Waals surface area contributed by atoms with Crippen LogP contribution in [-0.4, -0.2) is 4.75 Å². The maximum absolute atomic E-state index is 2.58. The quantitative estimate of drug-likeness (QED) is 0.169. The summed E-state index contributed by atoms with van der Waals surface area (Å²) in [6.45, 7) is 5.08. The minimum Gasteiger partial charge on any atom is -0.118 e. The minimum atomic E-state index is 0.191. The van der Waals surface area contributed by atoms with Crippen molar-refractivity contribution >= 4 is 65.6 Å². The van der Waals surface area contributed by atoms with E-state index in [1.807, 2.05) is 0 Å². The van der Waals surface area contributed by atoms with Crippen molar-refractivity contribution in [3.8, 4) is 33.4 Å². The number of thioether (sulfide) groups is 1. The van der Waals surface area contributed by atoms with Gasteiger partial charge < -0.3 is 0 Å². The zero-order valence-corrected chi connectivity index (χ0v) is 29.9. The van der Waals surface area contributed by atoms with E-state index in [4.69, 9.17) is 0 Å². The summed E-state index contributed by atoms with van der Waals surface area (Å²) in [6.07, 6.45) is 5.22. The molecule has 0 bridgehead atoms. The molecule has 51 heavy (non-hydrogen) atoms. The molecule has 0 radical (unpaired) electrons. The van der Waals surface area contributed by atoms with Crippen LogP contribution in [-0.2, 0) is 5.41 Å². The van der Waals surface area contributed by atoms with Crippen LogP contribution in [0.2, 0.25) is 0 Å². The van der Waals surface area contributed by atoms with Gasteiger partial charge in [0.1, 0.15) is 0 Å². The molecule has 9 aromatic carbocycles. The average molecular weight is 671 g/mol. The van der Waals surface area contributed by atoms with Gasteiger partial charge in [0, 0.05) is 15.1 Å². The second-order valence-electron chi connectivity index (χ2n) is 15.5. The van der Waals surface area contributed by atoms with E-state index in [1.54, 1.807) is 5.56 Å². The van der Waals surface area contributed by atoms with Crippen molar-refractivity contribution in [2.45, 2.75) is 54.6 Å². The summed E-state index contributed by atoms with van der Waals surface area (Å²) >= 11 is 2.14. The lowest BCUT2D eigenvalue weighted by Crippen LogP contribution is -2.43. The molecule has 0 nitrogen and oxygen atoms in total. The molecule has 1 saturated carbocycles. The van der Waals surface area contributed by atoms with Gasteiger partial charge in [-0.3, -0.25) is 0 Å². The summed E-state index contributed by atoms with van der Waals surface area (Å²) < 4.78 is 0.265. The van der Waals surface area contributed by atoms with Crippen molar-refractivity contribution in [3.05, 3.63) is 151 Å². The second kappa shape index (κ2) is 10.7. The Morgan fingerprint density at radius 3 is 1.78 bits per heavy atom. The van der Waals surface area contributed by atoms with Crippen molar-refractivity contribution in [3.63, 3.8) is 0 Å². The van der Waals surface area contributed by atoms with Gasteiger partial charge in [0.15, 0.2) is 0 Å². The van der Waals surface area contributed by atoms with E-state index in [0.29, 0.717) is 0 Å². The smallest absolute Gasteiger partial charge is 0.0273 e. The minimum absolute atomic E-state index is 0.191. The molecule has 1 fully saturated rings. The van der Waals surface area contributed by atoms with E-state index in [0.717, 1.165) is 0 Å². The maximum atomic E-state index is 2.58. The summed E-state index contributed by atoms with van der Waals surface area (Å²) in [4.78, 5) is 1.48. The monoisotopic (exact) mass is 670 g/mol. The van der Waals surface area contributed by atoms with E-state index in [1.165, 1.54) is 118 Å². The first kappa shape index (κ1) is 29.6. The molecule has 1 aliphatic carbocycles. The number of hydrogen-bond donors (Lipinski definition) is 0. The lowest BCUT2D eigenvalue weighted by molar-refractivity contribution is 0.260. The van der Waals surface area contributed by atoms with Gasteiger partial charge in [-0.25, -0.2) is 0 Å². The fraction of sp³-hybridized carbons (Fsp3) is 0.160. The molecule has 0 N–H and O–H groups in total. The van der Waals surface area contributed by atoms with Crippen molar-refractivity contribution in [2.75, 3.05) is 0 Å². The highest BCUT2D eigenvalue weighted by atomic mass is 32.2. The lowest BCUT2D eigenvalue weighted by atomic mass is 9.64. The number of hydrogen-bond acceptors (Lipinski definition) is 1. The Hall–Kier alpha value is -5.11. The van der Waals surface area contributed by atoms with Crippen LogP contribution in [0.5, 0.6) is 0 Å². The van der Waals surface area contributed by atoms with Gasteiger partial charge >= 0.3 is 0 Å². The summed E-state index contributed by atoms with van der Waals surface area (Å²) in [5, 5.41) is 13.2. The molecule has 0 amide bonds. The van der Waals surface area contributed by atoms with E-state index < -0.39 is 0 Å². The van der Waals surface area contributed by atoms with E-state index in [9.17, 15) is 0 Å². The summed E-state index contributed by atoms with van der Waals surface area (Å²) in [7, 11) is 0. The molecule has 1 aliphatic heterocycles. The van der Waals surface area contributed by atoms with Crippen LogP contribution < -0.4 is 0 Å². The number of rotatable bonds is 3. The molecular weight excluding hydrogens is 633 g/mol. The molecule has 1 heterocycles. The Bertz CT molecular complexity index is 2870. The predicted molar refractivity (Wildman–Crippen MR) is 222 cm³/mol. The Kier molecular flexibility index (Phi) is 6.21. The van der Waals surface area contributed by atoms with Crippen LogP contribution in [0.3, 0.4) is 0 Å². The Labute approximate surface area is 303 Å². The van der Waals surface area contributed by atoms with E-state index >= 15 is 0 Å². The lowest BCUT2D eigenvalue weighted by Gasteiger charge is -2.45. The first-order valence-corrected chi connectivity index (χ1v) is 19.4. The van der Waals surface area contributed by atoms with Crippen LogP contribution in [0.4, 0.5) is 0 Å². The van der Waals surface area contributed by atoms with Gasteiger partial charge in [-0.05, 0) is 131 Å². The second-order valence-corrected chi connectivity index (χ2v) is 17.0. The van der Waals surface area contributed by atoms with E-state index in [-0.39, 0.29) is 10.2 Å². The third-order valence-corrected chi connectivity index (χ3v) is 14.6. The Morgan fingerprint density at radius 2 is 1.02 bits per heavy atom. The largest absolute Gasteiger partial charge is 0.118 e. The average Bonchev–Trinajstić information content (AvgIpc) is 3.42. The maximum Gasteiger partial charge on any atom is 0.0273 e. The van der Waals surface area contributed by atoms with Gasteiger partial charge in [0.25, 0.3) is 0 Å². The van der Waals surface area contributed by atoms with Crippen molar-refractivity contribution in [1.82, 2.24) is 0 Å². The fourth-order valence-electron chi connectivity index (χ4n) is 10.0. The van der Waals surface area contributed by atoms with Crippen LogP contribution >= 0.6 is 11.8 Å². The molecule has 1 heteroatoms. The predicted octanol–water partition coefficient (Wildman–Crippen LogP) is 14.6. The first-order chi connectivity index (χ1) is 25.0. The van der Waals surface area contributed by atoms with Crippen molar-refractivity contribution in [2.24, 2.45) is 0 Å². The summed E-state index contributed by atoms with van der Waals surface area (Å²) in [5.74, 6) is 0. The van der Waals surface area contributed by atoms with E-state index in [2.05, 4.69) is 171 Å². The first-order valence-electron chi connectivity index (χ1n) is 18.6. The highest BCUT2D eigenvalue weighted by Crippen LogP contribution is 2.63. The zero-order chi connectivity index (χ0) is 33.9. The molecular formula is C50H38S. The topological polar surface area (TPSA) is 0 Å². The van der Waals surface area contributed by atoms with Crippen LogP contribution in [0, 0.1) is 0 Å². The third kappa shape index (κ3) is 4.10.